The third-order valence-corrected chi connectivity index (χ3v) is 5.83. The molecule has 1 atom stereocenters. The number of nitrogens with one attached hydrogen (secondary N) is 3. The Morgan fingerprint density at radius 2 is 1.69 bits per heavy atom. The zero-order valence-corrected chi connectivity index (χ0v) is 19.6. The lowest BCUT2D eigenvalue weighted by Crippen LogP contribution is -2.44. The van der Waals surface area contributed by atoms with Crippen LogP contribution in [0.1, 0.15) is 51.4 Å². The number of rotatable bonds is 8. The summed E-state index contributed by atoms with van der Waals surface area (Å²) in [5, 5.41) is 5.14. The van der Waals surface area contributed by atoms with Crippen LogP contribution in [-0.4, -0.2) is 36.8 Å². The van der Waals surface area contributed by atoms with Gasteiger partial charge >= 0.3 is 0 Å². The van der Waals surface area contributed by atoms with E-state index >= 15 is 0 Å². The summed E-state index contributed by atoms with van der Waals surface area (Å²) in [6.45, 7) is 8.97. The maximum absolute atomic E-state index is 13.1. The first-order valence-corrected chi connectivity index (χ1v) is 11.6. The molecule has 0 saturated carbocycles. The maximum Gasteiger partial charge on any atom is 0.258 e. The number of hydrogen-bond acceptors (Lipinski definition) is 5. The fraction of sp³-hybridized carbons (Fsp3) is 0.409. The van der Waals surface area contributed by atoms with Crippen LogP contribution in [0.15, 0.2) is 47.6 Å². The van der Waals surface area contributed by atoms with Crippen molar-refractivity contribution < 1.29 is 22.4 Å². The molecule has 1 aromatic heterocycles. The lowest BCUT2D eigenvalue weighted by Gasteiger charge is -2.21. The number of hydrogen-bond donors (Lipinski definition) is 3. The van der Waals surface area contributed by atoms with Gasteiger partial charge in [-0.15, -0.1) is 0 Å². The Morgan fingerprint density at radius 3 is 2.19 bits per heavy atom. The molecule has 0 aliphatic heterocycles. The molecular weight excluding hydrogens is 435 g/mol. The van der Waals surface area contributed by atoms with E-state index in [4.69, 9.17) is 0 Å². The number of amides is 2. The summed E-state index contributed by atoms with van der Waals surface area (Å²) < 4.78 is 40.3. The Morgan fingerprint density at radius 1 is 1.06 bits per heavy atom. The van der Waals surface area contributed by atoms with E-state index in [2.05, 4.69) is 20.3 Å². The topological polar surface area (TPSA) is 117 Å². The van der Waals surface area contributed by atoms with Gasteiger partial charge in [0.2, 0.25) is 5.91 Å². The van der Waals surface area contributed by atoms with Crippen LogP contribution < -0.4 is 15.4 Å². The highest BCUT2D eigenvalue weighted by molar-refractivity contribution is 7.89. The molecule has 174 valence electrons. The van der Waals surface area contributed by atoms with E-state index in [0.29, 0.717) is 6.42 Å². The Hall–Kier alpha value is -2.85. The number of anilines is 1. The number of benzene rings is 1. The first-order chi connectivity index (χ1) is 14.8. The molecule has 2 rings (SSSR count). The number of carbonyl (C=O) groups excluding carboxylic acids is 2. The van der Waals surface area contributed by atoms with Gasteiger partial charge in [-0.1, -0.05) is 13.8 Å². The highest BCUT2D eigenvalue weighted by Crippen LogP contribution is 2.15. The van der Waals surface area contributed by atoms with E-state index < -0.39 is 39.2 Å². The van der Waals surface area contributed by atoms with E-state index in [-0.39, 0.29) is 22.2 Å². The lowest BCUT2D eigenvalue weighted by molar-refractivity contribution is -0.118. The van der Waals surface area contributed by atoms with Crippen LogP contribution in [0.4, 0.5) is 10.1 Å². The van der Waals surface area contributed by atoms with Gasteiger partial charge in [-0.25, -0.2) is 22.5 Å². The van der Waals surface area contributed by atoms with Crippen LogP contribution in [0.3, 0.4) is 0 Å². The Bertz CT molecular complexity index is 1050. The number of aromatic nitrogens is 1. The molecule has 10 heteroatoms. The molecule has 32 heavy (non-hydrogen) atoms. The van der Waals surface area contributed by atoms with Crippen LogP contribution in [0.25, 0.3) is 0 Å². The minimum atomic E-state index is -3.80. The molecule has 0 spiro atoms. The van der Waals surface area contributed by atoms with Crippen molar-refractivity contribution >= 4 is 27.5 Å². The SMILES string of the molecule is CC(C)C[C@H](NC(=O)c1ccc(F)cc1)C(=O)Nc1ccc(S(=O)(=O)NC(C)(C)C)nc1. The Kier molecular flexibility index (Phi) is 8.08. The first-order valence-electron chi connectivity index (χ1n) is 10.1. The van der Waals surface area contributed by atoms with Gasteiger partial charge in [0.05, 0.1) is 11.9 Å². The molecule has 0 bridgehead atoms. The van der Waals surface area contributed by atoms with Crippen LogP contribution in [0.2, 0.25) is 0 Å². The summed E-state index contributed by atoms with van der Waals surface area (Å²) in [4.78, 5) is 29.2. The first kappa shape index (κ1) is 25.4. The summed E-state index contributed by atoms with van der Waals surface area (Å²) in [5.41, 5.74) is -0.148. The second kappa shape index (κ2) is 10.2. The monoisotopic (exact) mass is 464 g/mol. The van der Waals surface area contributed by atoms with Gasteiger partial charge in [0.25, 0.3) is 15.9 Å². The molecule has 0 aliphatic rings. The van der Waals surface area contributed by atoms with Gasteiger partial charge in [0, 0.05) is 11.1 Å². The van der Waals surface area contributed by atoms with Crippen LogP contribution >= 0.6 is 0 Å². The number of pyridine rings is 1. The Labute approximate surface area is 188 Å². The molecule has 2 aromatic rings. The summed E-state index contributed by atoms with van der Waals surface area (Å²) in [5.74, 6) is -1.33. The van der Waals surface area contributed by atoms with Crippen molar-refractivity contribution in [2.75, 3.05) is 5.32 Å². The normalized spacial score (nSPS) is 13.0. The third kappa shape index (κ3) is 7.69. The van der Waals surface area contributed by atoms with Gasteiger partial charge in [-0.05, 0) is 69.5 Å². The molecule has 0 unspecified atom stereocenters. The number of sulfonamides is 1. The molecule has 1 heterocycles. The zero-order valence-electron chi connectivity index (χ0n) is 18.8. The molecule has 0 aliphatic carbocycles. The van der Waals surface area contributed by atoms with E-state index in [1.54, 1.807) is 20.8 Å². The second-order valence-electron chi connectivity index (χ2n) is 8.89. The molecule has 1 aromatic carbocycles. The quantitative estimate of drug-likeness (QED) is 0.555. The summed E-state index contributed by atoms with van der Waals surface area (Å²) >= 11 is 0. The van der Waals surface area contributed by atoms with Crippen LogP contribution in [-0.2, 0) is 14.8 Å². The molecule has 0 fully saturated rings. The predicted octanol–water partition coefficient (Wildman–Crippen LogP) is 3.08. The lowest BCUT2D eigenvalue weighted by atomic mass is 10.0. The van der Waals surface area contributed by atoms with Gasteiger partial charge in [-0.3, -0.25) is 9.59 Å². The fourth-order valence-electron chi connectivity index (χ4n) is 2.84. The number of nitrogens with zero attached hydrogens (tertiary/aromatic N) is 1. The molecule has 2 amide bonds. The molecular formula is C22H29FN4O4S. The molecule has 0 radical (unpaired) electrons. The molecule has 0 saturated heterocycles. The average Bonchev–Trinajstić information content (AvgIpc) is 2.66. The van der Waals surface area contributed by atoms with Crippen molar-refractivity contribution in [3.8, 4) is 0 Å². The van der Waals surface area contributed by atoms with E-state index in [9.17, 15) is 22.4 Å². The van der Waals surface area contributed by atoms with E-state index in [1.165, 1.54) is 42.6 Å². The average molecular weight is 465 g/mol. The van der Waals surface area contributed by atoms with Crippen LogP contribution in [0, 0.1) is 11.7 Å². The van der Waals surface area contributed by atoms with Gasteiger partial charge in [-0.2, -0.15) is 0 Å². The smallest absolute Gasteiger partial charge is 0.258 e. The highest BCUT2D eigenvalue weighted by Gasteiger charge is 2.25. The largest absolute Gasteiger partial charge is 0.340 e. The van der Waals surface area contributed by atoms with Crippen molar-refractivity contribution in [3.63, 3.8) is 0 Å². The zero-order chi connectivity index (χ0) is 24.1. The molecule has 3 N–H and O–H groups in total. The standard InChI is InChI=1S/C22H29FN4O4S/c1-14(2)12-18(26-20(28)15-6-8-16(23)9-7-15)21(29)25-17-10-11-19(24-13-17)32(30,31)27-22(3,4)5/h6-11,13-14,18,27H,12H2,1-5H3,(H,25,29)(H,26,28)/t18-/m0/s1. The maximum atomic E-state index is 13.1. The number of halogens is 1. The molecule has 8 nitrogen and oxygen atoms in total. The van der Waals surface area contributed by atoms with Crippen molar-refractivity contribution in [1.29, 1.82) is 0 Å². The minimum absolute atomic E-state index is 0.105. The van der Waals surface area contributed by atoms with Gasteiger partial charge in [0.15, 0.2) is 5.03 Å². The second-order valence-corrected chi connectivity index (χ2v) is 10.5. The summed E-state index contributed by atoms with van der Waals surface area (Å²) in [7, 11) is -3.80. The van der Waals surface area contributed by atoms with Gasteiger partial charge in [0.1, 0.15) is 11.9 Å². The summed E-state index contributed by atoms with van der Waals surface area (Å²) in [6, 6.07) is 6.88. The van der Waals surface area contributed by atoms with Crippen molar-refractivity contribution in [2.24, 2.45) is 5.92 Å². The van der Waals surface area contributed by atoms with Crippen molar-refractivity contribution in [2.45, 2.75) is 57.6 Å². The van der Waals surface area contributed by atoms with Gasteiger partial charge < -0.3 is 10.6 Å². The van der Waals surface area contributed by atoms with Crippen molar-refractivity contribution in [1.82, 2.24) is 15.0 Å². The van der Waals surface area contributed by atoms with Crippen molar-refractivity contribution in [3.05, 3.63) is 54.0 Å². The van der Waals surface area contributed by atoms with E-state index in [0.717, 1.165) is 0 Å². The minimum Gasteiger partial charge on any atom is -0.340 e. The fourth-order valence-corrected chi connectivity index (χ4v) is 4.19. The van der Waals surface area contributed by atoms with Crippen LogP contribution in [0.5, 0.6) is 0 Å². The highest BCUT2D eigenvalue weighted by atomic mass is 32.2. The predicted molar refractivity (Wildman–Crippen MR) is 120 cm³/mol. The third-order valence-electron chi connectivity index (χ3n) is 4.16. The Balaban J connectivity index is 2.12. The van der Waals surface area contributed by atoms with E-state index in [1.807, 2.05) is 13.8 Å². The summed E-state index contributed by atoms with van der Waals surface area (Å²) in [6.07, 6.45) is 1.61. The number of carbonyl (C=O) groups is 2.